The molecule has 2 aromatic carbocycles. The Balaban J connectivity index is 1.47. The molecular formula is C25H18N2O4S2. The molecule has 2 aliphatic heterocycles. The van der Waals surface area contributed by atoms with Gasteiger partial charge in [-0.05, 0) is 0 Å². The molecule has 5 heterocycles. The van der Waals surface area contributed by atoms with Gasteiger partial charge in [-0.25, -0.2) is 4.98 Å². The number of nitrogens with zero attached hydrogens (tertiary/aromatic N) is 1. The Kier molecular flexibility index (Phi) is 4.34. The Labute approximate surface area is 197 Å². The Morgan fingerprint density at radius 1 is 0.697 bits per heavy atom. The normalized spacial score (nSPS) is 14.5. The summed E-state index contributed by atoms with van der Waals surface area (Å²) < 4.78 is 23.5. The van der Waals surface area contributed by atoms with E-state index in [0.29, 0.717) is 26.4 Å². The fourth-order valence-corrected chi connectivity index (χ4v) is 6.22. The van der Waals surface area contributed by atoms with Crippen LogP contribution in [0.5, 0.6) is 23.0 Å². The maximum absolute atomic E-state index is 5.98. The lowest BCUT2D eigenvalue weighted by atomic mass is 10.0. The highest BCUT2D eigenvalue weighted by Gasteiger charge is 2.26. The number of imidazole rings is 1. The van der Waals surface area contributed by atoms with Gasteiger partial charge in [-0.3, -0.25) is 0 Å². The van der Waals surface area contributed by atoms with Crippen molar-refractivity contribution >= 4 is 33.7 Å². The Morgan fingerprint density at radius 2 is 1.30 bits per heavy atom. The van der Waals surface area contributed by atoms with Crippen LogP contribution in [-0.2, 0) is 0 Å². The number of thiophene rings is 2. The molecule has 33 heavy (non-hydrogen) atoms. The number of aromatic nitrogens is 2. The zero-order valence-corrected chi connectivity index (χ0v) is 19.1. The van der Waals surface area contributed by atoms with Crippen molar-refractivity contribution in [3.8, 4) is 55.3 Å². The van der Waals surface area contributed by atoms with Crippen molar-refractivity contribution < 1.29 is 18.9 Å². The molecule has 0 spiro atoms. The van der Waals surface area contributed by atoms with Crippen molar-refractivity contribution in [3.05, 3.63) is 53.2 Å². The van der Waals surface area contributed by atoms with E-state index in [4.69, 9.17) is 23.9 Å². The minimum Gasteiger partial charge on any atom is -0.485 e. The van der Waals surface area contributed by atoms with Crippen molar-refractivity contribution in [1.82, 2.24) is 9.97 Å². The van der Waals surface area contributed by atoms with Gasteiger partial charge in [0, 0.05) is 27.5 Å². The standard InChI is InChI=1S/C25H18N2O4S2/c1-2-4-14(5-3-1)25-26-19-15(23-21-17(12-32-23)28-8-10-30-21)6-7-16(20(19)27-25)24-22-18(13-33-24)29-9-11-31-22/h1-7,12-13H,8-11H2,(H,26,27). The monoisotopic (exact) mass is 474 g/mol. The average molecular weight is 475 g/mol. The molecule has 0 bridgehead atoms. The first-order valence-electron chi connectivity index (χ1n) is 10.7. The molecule has 0 radical (unpaired) electrons. The van der Waals surface area contributed by atoms with Crippen LogP contribution >= 0.6 is 22.7 Å². The first-order valence-corrected chi connectivity index (χ1v) is 12.5. The van der Waals surface area contributed by atoms with Crippen molar-refractivity contribution in [2.75, 3.05) is 26.4 Å². The van der Waals surface area contributed by atoms with Crippen LogP contribution in [0.2, 0.25) is 0 Å². The van der Waals surface area contributed by atoms with Crippen LogP contribution in [0.4, 0.5) is 0 Å². The van der Waals surface area contributed by atoms with E-state index in [1.807, 2.05) is 29.0 Å². The van der Waals surface area contributed by atoms with Gasteiger partial charge < -0.3 is 23.9 Å². The molecule has 0 fully saturated rings. The molecule has 1 N–H and O–H groups in total. The van der Waals surface area contributed by atoms with Crippen LogP contribution in [0.1, 0.15) is 0 Å². The molecule has 3 aromatic heterocycles. The smallest absolute Gasteiger partial charge is 0.180 e. The summed E-state index contributed by atoms with van der Waals surface area (Å²) in [6.45, 7) is 2.25. The second kappa shape index (κ2) is 7.54. The van der Waals surface area contributed by atoms with Gasteiger partial charge in [-0.1, -0.05) is 42.5 Å². The first-order chi connectivity index (χ1) is 16.4. The molecule has 164 valence electrons. The number of ether oxygens (including phenoxy) is 4. The lowest BCUT2D eigenvalue weighted by Crippen LogP contribution is -2.14. The average Bonchev–Trinajstić information content (AvgIpc) is 3.61. The predicted octanol–water partition coefficient (Wildman–Crippen LogP) is 6.23. The molecule has 0 saturated carbocycles. The van der Waals surface area contributed by atoms with Crippen molar-refractivity contribution in [2.45, 2.75) is 0 Å². The molecule has 5 aromatic rings. The molecule has 6 nitrogen and oxygen atoms in total. The molecule has 0 saturated heterocycles. The van der Waals surface area contributed by atoms with Crippen LogP contribution in [0, 0.1) is 0 Å². The quantitative estimate of drug-likeness (QED) is 0.336. The zero-order valence-electron chi connectivity index (χ0n) is 17.4. The van der Waals surface area contributed by atoms with Crippen molar-refractivity contribution in [3.63, 3.8) is 0 Å². The van der Waals surface area contributed by atoms with E-state index < -0.39 is 0 Å². The summed E-state index contributed by atoms with van der Waals surface area (Å²) in [4.78, 5) is 10.7. The van der Waals surface area contributed by atoms with E-state index in [9.17, 15) is 0 Å². The second-order valence-corrected chi connectivity index (χ2v) is 9.51. The highest BCUT2D eigenvalue weighted by Crippen LogP contribution is 2.51. The van der Waals surface area contributed by atoms with Crippen LogP contribution in [0.15, 0.2) is 53.2 Å². The fourth-order valence-electron chi connectivity index (χ4n) is 4.29. The molecule has 0 unspecified atom stereocenters. The topological polar surface area (TPSA) is 65.6 Å². The van der Waals surface area contributed by atoms with Gasteiger partial charge >= 0.3 is 0 Å². The fraction of sp³-hybridized carbons (Fsp3) is 0.160. The number of fused-ring (bicyclic) bond motifs is 3. The van der Waals surface area contributed by atoms with Crippen LogP contribution in [-0.4, -0.2) is 36.4 Å². The van der Waals surface area contributed by atoms with Crippen LogP contribution in [0.3, 0.4) is 0 Å². The Morgan fingerprint density at radius 3 is 2.00 bits per heavy atom. The minimum absolute atomic E-state index is 0.548. The summed E-state index contributed by atoms with van der Waals surface area (Å²) in [6, 6.07) is 14.4. The third kappa shape index (κ3) is 3.02. The maximum Gasteiger partial charge on any atom is 0.180 e. The summed E-state index contributed by atoms with van der Waals surface area (Å²) in [7, 11) is 0. The number of hydrogen-bond donors (Lipinski definition) is 1. The number of H-pyrrole nitrogens is 1. The number of nitrogens with one attached hydrogen (secondary N) is 1. The lowest BCUT2D eigenvalue weighted by molar-refractivity contribution is 0.174. The third-order valence-electron chi connectivity index (χ3n) is 5.78. The highest BCUT2D eigenvalue weighted by molar-refractivity contribution is 7.15. The van der Waals surface area contributed by atoms with Gasteiger partial charge in [0.25, 0.3) is 0 Å². The second-order valence-electron chi connectivity index (χ2n) is 7.75. The van der Waals surface area contributed by atoms with E-state index in [2.05, 4.69) is 29.2 Å². The van der Waals surface area contributed by atoms with Crippen LogP contribution in [0.25, 0.3) is 43.3 Å². The summed E-state index contributed by atoms with van der Waals surface area (Å²) in [5.41, 5.74) is 4.95. The van der Waals surface area contributed by atoms with Crippen LogP contribution < -0.4 is 18.9 Å². The SMILES string of the molecule is c1ccc(-c2nc3c(-c4scc5c4OCCO5)ccc(-c4scc5c4OCCO5)c3[nH]2)cc1. The van der Waals surface area contributed by atoms with Gasteiger partial charge in [0.15, 0.2) is 23.0 Å². The van der Waals surface area contributed by atoms with E-state index in [1.54, 1.807) is 22.7 Å². The van der Waals surface area contributed by atoms with E-state index in [1.165, 1.54) is 0 Å². The molecular weight excluding hydrogens is 456 g/mol. The van der Waals surface area contributed by atoms with Gasteiger partial charge in [-0.15, -0.1) is 22.7 Å². The number of hydrogen-bond acceptors (Lipinski definition) is 7. The van der Waals surface area contributed by atoms with E-state index in [-0.39, 0.29) is 0 Å². The summed E-state index contributed by atoms with van der Waals surface area (Å²) in [6.07, 6.45) is 0. The summed E-state index contributed by atoms with van der Waals surface area (Å²) >= 11 is 3.24. The van der Waals surface area contributed by atoms with Gasteiger partial charge in [0.2, 0.25) is 0 Å². The minimum atomic E-state index is 0.548. The maximum atomic E-state index is 5.98. The number of rotatable bonds is 3. The van der Waals surface area contributed by atoms with Crippen molar-refractivity contribution in [1.29, 1.82) is 0 Å². The van der Waals surface area contributed by atoms with E-state index >= 15 is 0 Å². The summed E-state index contributed by atoms with van der Waals surface area (Å²) in [5, 5.41) is 4.02. The van der Waals surface area contributed by atoms with Gasteiger partial charge in [0.05, 0.1) is 20.8 Å². The first kappa shape index (κ1) is 19.0. The van der Waals surface area contributed by atoms with Gasteiger partial charge in [0.1, 0.15) is 32.3 Å². The zero-order chi connectivity index (χ0) is 21.8. The molecule has 7 rings (SSSR count). The molecule has 8 heteroatoms. The lowest BCUT2D eigenvalue weighted by Gasteiger charge is -2.17. The number of benzene rings is 2. The molecule has 0 aliphatic carbocycles. The molecule has 0 amide bonds. The van der Waals surface area contributed by atoms with Crippen molar-refractivity contribution in [2.24, 2.45) is 0 Å². The highest BCUT2D eigenvalue weighted by atomic mass is 32.1. The summed E-state index contributed by atoms with van der Waals surface area (Å²) in [5.74, 6) is 4.04. The Bertz CT molecular complexity index is 1390. The molecule has 2 aliphatic rings. The van der Waals surface area contributed by atoms with E-state index in [0.717, 1.165) is 66.3 Å². The van der Waals surface area contributed by atoms with Gasteiger partial charge in [-0.2, -0.15) is 0 Å². The third-order valence-corrected chi connectivity index (χ3v) is 7.73. The largest absolute Gasteiger partial charge is 0.485 e. The molecule has 0 atom stereocenters. The predicted molar refractivity (Wildman–Crippen MR) is 130 cm³/mol. The number of aromatic amines is 1. The Hall–Kier alpha value is -3.49.